The van der Waals surface area contributed by atoms with Crippen molar-refractivity contribution >= 4 is 5.91 Å². The summed E-state index contributed by atoms with van der Waals surface area (Å²) in [6.45, 7) is 3.66. The first kappa shape index (κ1) is 15.5. The molecule has 0 spiro atoms. The predicted octanol–water partition coefficient (Wildman–Crippen LogP) is 2.13. The minimum Gasteiger partial charge on any atom is -0.390 e. The smallest absolute Gasteiger partial charge is 0.222 e. The van der Waals surface area contributed by atoms with Crippen molar-refractivity contribution in [2.24, 2.45) is 11.8 Å². The second kappa shape index (κ2) is 6.41. The maximum absolute atomic E-state index is 12.4. The Morgan fingerprint density at radius 2 is 2.41 bits per heavy atom. The number of amides is 1. The van der Waals surface area contributed by atoms with Crippen LogP contribution in [0.4, 0.5) is 0 Å². The lowest BCUT2D eigenvalue weighted by atomic mass is 9.69. The number of carbonyl (C=O) groups is 1. The van der Waals surface area contributed by atoms with Crippen LogP contribution in [0.1, 0.15) is 51.0 Å². The lowest BCUT2D eigenvalue weighted by molar-refractivity contribution is -0.130. The van der Waals surface area contributed by atoms with Gasteiger partial charge in [0.1, 0.15) is 0 Å². The van der Waals surface area contributed by atoms with E-state index in [1.165, 1.54) is 0 Å². The van der Waals surface area contributed by atoms with E-state index >= 15 is 0 Å². The Bertz CT molecular complexity index is 502. The number of carbonyl (C=O) groups excluding carboxylic acids is 1. The highest BCUT2D eigenvalue weighted by Crippen LogP contribution is 2.44. The van der Waals surface area contributed by atoms with E-state index in [9.17, 15) is 9.90 Å². The van der Waals surface area contributed by atoms with E-state index in [0.29, 0.717) is 12.3 Å². The van der Waals surface area contributed by atoms with E-state index in [0.717, 1.165) is 57.2 Å². The molecule has 1 aliphatic carbocycles. The van der Waals surface area contributed by atoms with Crippen molar-refractivity contribution in [1.29, 1.82) is 0 Å². The van der Waals surface area contributed by atoms with Crippen molar-refractivity contribution in [3.05, 3.63) is 18.0 Å². The molecule has 1 aromatic heterocycles. The van der Waals surface area contributed by atoms with E-state index in [2.05, 4.69) is 17.1 Å². The summed E-state index contributed by atoms with van der Waals surface area (Å²) in [7, 11) is 0. The van der Waals surface area contributed by atoms with Gasteiger partial charge < -0.3 is 10.0 Å². The number of aliphatic hydroxyl groups is 1. The summed E-state index contributed by atoms with van der Waals surface area (Å²) < 4.78 is 0. The summed E-state index contributed by atoms with van der Waals surface area (Å²) in [4.78, 5) is 14.4. The van der Waals surface area contributed by atoms with Crippen LogP contribution in [0.15, 0.2) is 12.4 Å². The van der Waals surface area contributed by atoms with Gasteiger partial charge in [-0.15, -0.1) is 0 Å². The molecule has 2 aliphatic rings. The first-order valence-electron chi connectivity index (χ1n) is 8.60. The summed E-state index contributed by atoms with van der Waals surface area (Å²) in [5, 5.41) is 17.5. The van der Waals surface area contributed by atoms with Gasteiger partial charge in [-0.05, 0) is 43.6 Å². The zero-order valence-electron chi connectivity index (χ0n) is 13.4. The van der Waals surface area contributed by atoms with E-state index in [-0.39, 0.29) is 11.8 Å². The number of rotatable bonds is 5. The quantitative estimate of drug-likeness (QED) is 0.875. The topological polar surface area (TPSA) is 69.2 Å². The molecule has 5 nitrogen and oxygen atoms in total. The maximum atomic E-state index is 12.4. The molecule has 2 N–H and O–H groups in total. The molecule has 3 rings (SSSR count). The lowest BCUT2D eigenvalue weighted by Crippen LogP contribution is -2.44. The van der Waals surface area contributed by atoms with Crippen molar-refractivity contribution in [2.75, 3.05) is 13.1 Å². The molecule has 0 aromatic carbocycles. The monoisotopic (exact) mass is 305 g/mol. The van der Waals surface area contributed by atoms with Gasteiger partial charge in [-0.25, -0.2) is 0 Å². The Morgan fingerprint density at radius 3 is 3.14 bits per heavy atom. The van der Waals surface area contributed by atoms with Crippen molar-refractivity contribution in [3.63, 3.8) is 0 Å². The summed E-state index contributed by atoms with van der Waals surface area (Å²) in [6.07, 6.45) is 10.00. The van der Waals surface area contributed by atoms with Crippen LogP contribution < -0.4 is 0 Å². The fraction of sp³-hybridized carbons (Fsp3) is 0.765. The molecule has 5 heteroatoms. The van der Waals surface area contributed by atoms with Crippen molar-refractivity contribution in [2.45, 2.75) is 57.5 Å². The molecule has 1 amide bonds. The zero-order valence-corrected chi connectivity index (χ0v) is 13.4. The number of aryl methyl sites for hydroxylation is 1. The molecule has 0 radical (unpaired) electrons. The maximum Gasteiger partial charge on any atom is 0.222 e. The Hall–Kier alpha value is -1.36. The second-order valence-electron chi connectivity index (χ2n) is 6.97. The van der Waals surface area contributed by atoms with E-state index in [4.69, 9.17) is 0 Å². The van der Waals surface area contributed by atoms with Gasteiger partial charge in [-0.2, -0.15) is 5.10 Å². The van der Waals surface area contributed by atoms with E-state index in [1.54, 1.807) is 0 Å². The van der Waals surface area contributed by atoms with Gasteiger partial charge in [0.05, 0.1) is 11.8 Å². The van der Waals surface area contributed by atoms with Crippen LogP contribution in [0.5, 0.6) is 0 Å². The fourth-order valence-electron chi connectivity index (χ4n) is 4.29. The summed E-state index contributed by atoms with van der Waals surface area (Å²) in [5.74, 6) is 1.02. The van der Waals surface area contributed by atoms with Crippen LogP contribution in [-0.2, 0) is 11.2 Å². The molecular weight excluding hydrogens is 278 g/mol. The van der Waals surface area contributed by atoms with Gasteiger partial charge in [0, 0.05) is 31.6 Å². The number of nitrogens with one attached hydrogen (secondary N) is 1. The highest BCUT2D eigenvalue weighted by Gasteiger charge is 2.48. The SMILES string of the molecule is CC[C@]1(O)CCC[C@H]2CN(C(=O)CCCc3cn[nH]c3)C[C@H]21. The molecular formula is C17H27N3O2. The first-order valence-corrected chi connectivity index (χ1v) is 8.60. The third-order valence-electron chi connectivity index (χ3n) is 5.69. The first-order chi connectivity index (χ1) is 10.6. The number of likely N-dealkylation sites (tertiary alicyclic amines) is 1. The van der Waals surface area contributed by atoms with Gasteiger partial charge >= 0.3 is 0 Å². The molecule has 1 aromatic rings. The highest BCUT2D eigenvalue weighted by atomic mass is 16.3. The normalized spacial score (nSPS) is 31.3. The number of fused-ring (bicyclic) bond motifs is 1. The van der Waals surface area contributed by atoms with Crippen LogP contribution in [0, 0.1) is 11.8 Å². The number of nitrogens with zero attached hydrogens (tertiary/aromatic N) is 2. The van der Waals surface area contributed by atoms with Crippen LogP contribution in [0.3, 0.4) is 0 Å². The van der Waals surface area contributed by atoms with Gasteiger partial charge in [0.15, 0.2) is 0 Å². The van der Waals surface area contributed by atoms with Crippen LogP contribution >= 0.6 is 0 Å². The average molecular weight is 305 g/mol. The number of hydrogen-bond acceptors (Lipinski definition) is 3. The second-order valence-corrected chi connectivity index (χ2v) is 6.97. The Labute approximate surface area is 132 Å². The van der Waals surface area contributed by atoms with E-state index in [1.807, 2.05) is 17.3 Å². The predicted molar refractivity (Wildman–Crippen MR) is 84.2 cm³/mol. The third-order valence-corrected chi connectivity index (χ3v) is 5.69. The van der Waals surface area contributed by atoms with Gasteiger partial charge in [0.25, 0.3) is 0 Å². The Kier molecular flexibility index (Phi) is 4.52. The number of H-pyrrole nitrogens is 1. The fourth-order valence-corrected chi connectivity index (χ4v) is 4.29. The van der Waals surface area contributed by atoms with E-state index < -0.39 is 5.60 Å². The standard InChI is InChI=1S/C17H27N3O2/c1-2-17(22)8-4-6-14-11-20(12-15(14)17)16(21)7-3-5-13-9-18-19-10-13/h9-10,14-15,22H,2-8,11-12H2,1H3,(H,18,19)/t14-,15+,17-/m0/s1. The largest absolute Gasteiger partial charge is 0.390 e. The molecule has 0 bridgehead atoms. The van der Waals surface area contributed by atoms with Gasteiger partial charge in [-0.3, -0.25) is 9.89 Å². The van der Waals surface area contributed by atoms with Crippen LogP contribution in [-0.4, -0.2) is 44.8 Å². The molecule has 22 heavy (non-hydrogen) atoms. The van der Waals surface area contributed by atoms with Crippen LogP contribution in [0.25, 0.3) is 0 Å². The molecule has 1 saturated carbocycles. The van der Waals surface area contributed by atoms with Crippen LogP contribution in [0.2, 0.25) is 0 Å². The minimum absolute atomic E-state index is 0.247. The third kappa shape index (κ3) is 3.05. The van der Waals surface area contributed by atoms with Crippen molar-refractivity contribution < 1.29 is 9.90 Å². The summed E-state index contributed by atoms with van der Waals surface area (Å²) in [6, 6.07) is 0. The van der Waals surface area contributed by atoms with Gasteiger partial charge in [0.2, 0.25) is 5.91 Å². The Balaban J connectivity index is 1.52. The number of hydrogen-bond donors (Lipinski definition) is 2. The Morgan fingerprint density at radius 1 is 1.55 bits per heavy atom. The molecule has 0 unspecified atom stereocenters. The van der Waals surface area contributed by atoms with Crippen molar-refractivity contribution in [3.8, 4) is 0 Å². The molecule has 2 heterocycles. The van der Waals surface area contributed by atoms with Gasteiger partial charge in [-0.1, -0.05) is 13.3 Å². The zero-order chi connectivity index (χ0) is 15.6. The molecule has 3 atom stereocenters. The summed E-state index contributed by atoms with van der Waals surface area (Å²) >= 11 is 0. The highest BCUT2D eigenvalue weighted by molar-refractivity contribution is 5.76. The lowest BCUT2D eigenvalue weighted by Gasteiger charge is -2.40. The number of aromatic amines is 1. The molecule has 1 aliphatic heterocycles. The minimum atomic E-state index is -0.547. The van der Waals surface area contributed by atoms with Crippen molar-refractivity contribution in [1.82, 2.24) is 15.1 Å². The average Bonchev–Trinajstić information content (AvgIpc) is 3.17. The summed E-state index contributed by atoms with van der Waals surface area (Å²) in [5.41, 5.74) is 0.609. The molecule has 2 fully saturated rings. The molecule has 122 valence electrons. The molecule has 1 saturated heterocycles. The number of aromatic nitrogens is 2.